The first-order chi connectivity index (χ1) is 9.76. The molecule has 0 saturated heterocycles. The van der Waals surface area contributed by atoms with E-state index in [2.05, 4.69) is 41.1 Å². The Balaban J connectivity index is 2.36. The largest absolute Gasteiger partial charge is 0.417 e. The van der Waals surface area contributed by atoms with Crippen LogP contribution in [0.3, 0.4) is 0 Å². The molecule has 5 nitrogen and oxygen atoms in total. The fraction of sp³-hybridized carbons (Fsp3) is 0.571. The molecule has 118 valence electrons. The van der Waals surface area contributed by atoms with E-state index in [1.54, 1.807) is 6.07 Å². The van der Waals surface area contributed by atoms with Gasteiger partial charge in [0.25, 0.3) is 0 Å². The molecule has 1 aromatic rings. The molecular weight excluding hydrogens is 280 g/mol. The van der Waals surface area contributed by atoms with E-state index in [0.717, 1.165) is 6.42 Å². The fourth-order valence-electron chi connectivity index (χ4n) is 1.51. The molecule has 1 aromatic heterocycles. The van der Waals surface area contributed by atoms with Crippen molar-refractivity contribution in [2.75, 3.05) is 6.54 Å². The quantitative estimate of drug-likeness (QED) is 0.849. The van der Waals surface area contributed by atoms with E-state index in [1.165, 1.54) is 12.3 Å². The van der Waals surface area contributed by atoms with Crippen LogP contribution in [0.4, 0.5) is 13.6 Å². The van der Waals surface area contributed by atoms with E-state index in [-0.39, 0.29) is 23.9 Å². The molecule has 0 aliphatic carbocycles. The maximum absolute atomic E-state index is 12.1. The average molecular weight is 301 g/mol. The maximum Gasteiger partial charge on any atom is 0.388 e. The van der Waals surface area contributed by atoms with Gasteiger partial charge in [-0.15, -0.1) is 0 Å². The third-order valence-corrected chi connectivity index (χ3v) is 2.62. The third kappa shape index (κ3) is 8.06. The van der Waals surface area contributed by atoms with Gasteiger partial charge in [-0.3, -0.25) is 0 Å². The number of amides is 2. The zero-order valence-corrected chi connectivity index (χ0v) is 12.5. The summed E-state index contributed by atoms with van der Waals surface area (Å²) in [6.45, 7) is 4.15. The second-order valence-corrected chi connectivity index (χ2v) is 5.80. The number of halogens is 2. The lowest BCUT2D eigenvalue weighted by Crippen LogP contribution is -2.36. The van der Waals surface area contributed by atoms with Crippen LogP contribution >= 0.6 is 0 Å². The summed E-state index contributed by atoms with van der Waals surface area (Å²) in [5.41, 5.74) is 0.784. The van der Waals surface area contributed by atoms with Crippen molar-refractivity contribution in [3.05, 3.63) is 23.9 Å². The standard InChI is InChI=1S/C14H21F2N3O2/c1-14(2,3)5-7-18-13(20)19-9-10-4-6-17-11(8-10)21-12(15)16/h4,6,8,12H,5,7,9H2,1-3H3,(H2,18,19,20). The van der Waals surface area contributed by atoms with Gasteiger partial charge in [-0.2, -0.15) is 8.78 Å². The van der Waals surface area contributed by atoms with Gasteiger partial charge in [0.15, 0.2) is 0 Å². The topological polar surface area (TPSA) is 63.2 Å². The molecule has 0 aromatic carbocycles. The molecule has 0 radical (unpaired) electrons. The van der Waals surface area contributed by atoms with Gasteiger partial charge >= 0.3 is 12.6 Å². The third-order valence-electron chi connectivity index (χ3n) is 2.62. The number of hydrogen-bond acceptors (Lipinski definition) is 3. The molecule has 7 heteroatoms. The Bertz CT molecular complexity index is 462. The van der Waals surface area contributed by atoms with Gasteiger partial charge in [0.1, 0.15) is 0 Å². The van der Waals surface area contributed by atoms with Crippen LogP contribution in [0, 0.1) is 5.41 Å². The second kappa shape index (κ2) is 7.75. The van der Waals surface area contributed by atoms with Crippen LogP contribution in [0.25, 0.3) is 0 Å². The summed E-state index contributed by atoms with van der Waals surface area (Å²) in [5, 5.41) is 5.38. The number of aromatic nitrogens is 1. The predicted octanol–water partition coefficient (Wildman–Crippen LogP) is 2.92. The predicted molar refractivity (Wildman–Crippen MR) is 75.2 cm³/mol. The SMILES string of the molecule is CC(C)(C)CCNC(=O)NCc1ccnc(OC(F)F)c1. The maximum atomic E-state index is 12.1. The van der Waals surface area contributed by atoms with Crippen LogP contribution in [0.15, 0.2) is 18.3 Å². The van der Waals surface area contributed by atoms with Gasteiger partial charge in [-0.1, -0.05) is 20.8 Å². The molecule has 21 heavy (non-hydrogen) atoms. The smallest absolute Gasteiger partial charge is 0.388 e. The normalized spacial score (nSPS) is 11.3. The first-order valence-electron chi connectivity index (χ1n) is 6.68. The average Bonchev–Trinajstić information content (AvgIpc) is 2.34. The number of urea groups is 1. The fourth-order valence-corrected chi connectivity index (χ4v) is 1.51. The van der Waals surface area contributed by atoms with Crippen LogP contribution in [0.1, 0.15) is 32.8 Å². The lowest BCUT2D eigenvalue weighted by molar-refractivity contribution is -0.0529. The molecule has 1 rings (SSSR count). The number of hydrogen-bond donors (Lipinski definition) is 2. The minimum Gasteiger partial charge on any atom is -0.417 e. The summed E-state index contributed by atoms with van der Waals surface area (Å²) in [6.07, 6.45) is 2.22. The number of nitrogens with zero attached hydrogens (tertiary/aromatic N) is 1. The number of carbonyl (C=O) groups is 1. The van der Waals surface area contributed by atoms with Crippen molar-refractivity contribution in [2.45, 2.75) is 40.3 Å². The zero-order valence-electron chi connectivity index (χ0n) is 12.5. The number of pyridine rings is 1. The van der Waals surface area contributed by atoms with Gasteiger partial charge < -0.3 is 15.4 Å². The Morgan fingerprint density at radius 1 is 1.38 bits per heavy atom. The number of nitrogens with one attached hydrogen (secondary N) is 2. The lowest BCUT2D eigenvalue weighted by Gasteiger charge is -2.18. The van der Waals surface area contributed by atoms with Crippen LogP contribution in [-0.4, -0.2) is 24.2 Å². The molecule has 0 atom stereocenters. The van der Waals surface area contributed by atoms with Crippen LogP contribution in [0.5, 0.6) is 5.88 Å². The van der Waals surface area contributed by atoms with E-state index in [4.69, 9.17) is 0 Å². The highest BCUT2D eigenvalue weighted by Crippen LogP contribution is 2.16. The molecule has 0 bridgehead atoms. The number of rotatable bonds is 6. The highest BCUT2D eigenvalue weighted by Gasteiger charge is 2.10. The van der Waals surface area contributed by atoms with Gasteiger partial charge in [-0.25, -0.2) is 9.78 Å². The first kappa shape index (κ1) is 17.1. The number of carbonyl (C=O) groups excluding carboxylic acids is 1. The molecule has 0 aliphatic rings. The van der Waals surface area contributed by atoms with Gasteiger partial charge in [-0.05, 0) is 23.5 Å². The van der Waals surface area contributed by atoms with Crippen LogP contribution in [-0.2, 0) is 6.54 Å². The Labute approximate surface area is 123 Å². The summed E-state index contributed by atoms with van der Waals surface area (Å²) in [6, 6.07) is 2.68. The number of alkyl halides is 2. The highest BCUT2D eigenvalue weighted by atomic mass is 19.3. The van der Waals surface area contributed by atoms with Crippen LogP contribution < -0.4 is 15.4 Å². The van der Waals surface area contributed by atoms with E-state index in [1.807, 2.05) is 0 Å². The Morgan fingerprint density at radius 2 is 2.10 bits per heavy atom. The van der Waals surface area contributed by atoms with E-state index < -0.39 is 6.61 Å². The van der Waals surface area contributed by atoms with Crippen molar-refractivity contribution in [2.24, 2.45) is 5.41 Å². The van der Waals surface area contributed by atoms with Crippen molar-refractivity contribution >= 4 is 6.03 Å². The summed E-state index contributed by atoms with van der Waals surface area (Å²) in [7, 11) is 0. The minimum absolute atomic E-state index is 0.153. The zero-order chi connectivity index (χ0) is 15.9. The van der Waals surface area contributed by atoms with Crippen molar-refractivity contribution in [3.8, 4) is 5.88 Å². The molecule has 1 heterocycles. The minimum atomic E-state index is -2.92. The van der Waals surface area contributed by atoms with E-state index >= 15 is 0 Å². The Hall–Kier alpha value is -1.92. The number of ether oxygens (including phenoxy) is 1. The Kier molecular flexibility index (Phi) is 6.33. The molecular formula is C14H21F2N3O2. The molecule has 0 fully saturated rings. The van der Waals surface area contributed by atoms with Gasteiger partial charge in [0.2, 0.25) is 5.88 Å². The molecule has 0 saturated carbocycles. The first-order valence-corrected chi connectivity index (χ1v) is 6.68. The summed E-state index contributed by atoms with van der Waals surface area (Å²) >= 11 is 0. The summed E-state index contributed by atoms with van der Waals surface area (Å²) < 4.78 is 28.3. The molecule has 2 N–H and O–H groups in total. The van der Waals surface area contributed by atoms with Crippen molar-refractivity contribution in [1.82, 2.24) is 15.6 Å². The highest BCUT2D eigenvalue weighted by molar-refractivity contribution is 5.73. The van der Waals surface area contributed by atoms with E-state index in [0.29, 0.717) is 12.1 Å². The van der Waals surface area contributed by atoms with Crippen LogP contribution in [0.2, 0.25) is 0 Å². The summed E-state index contributed by atoms with van der Waals surface area (Å²) in [5.74, 6) is -0.169. The van der Waals surface area contributed by atoms with E-state index in [9.17, 15) is 13.6 Å². The van der Waals surface area contributed by atoms with Gasteiger partial charge in [0.05, 0.1) is 0 Å². The molecule has 2 amide bonds. The monoisotopic (exact) mass is 301 g/mol. The molecule has 0 spiro atoms. The second-order valence-electron chi connectivity index (χ2n) is 5.80. The lowest BCUT2D eigenvalue weighted by atomic mass is 9.92. The Morgan fingerprint density at radius 3 is 2.71 bits per heavy atom. The molecule has 0 unspecified atom stereocenters. The van der Waals surface area contributed by atoms with Crippen molar-refractivity contribution in [3.63, 3.8) is 0 Å². The molecule has 0 aliphatic heterocycles. The summed E-state index contributed by atoms with van der Waals surface area (Å²) in [4.78, 5) is 15.2. The van der Waals surface area contributed by atoms with Gasteiger partial charge in [0, 0.05) is 25.4 Å². The van der Waals surface area contributed by atoms with Crippen molar-refractivity contribution < 1.29 is 18.3 Å². The van der Waals surface area contributed by atoms with Crippen molar-refractivity contribution in [1.29, 1.82) is 0 Å².